The highest BCUT2D eigenvalue weighted by molar-refractivity contribution is 5.74. The summed E-state index contributed by atoms with van der Waals surface area (Å²) in [4.78, 5) is 8.78. The number of fused-ring (bicyclic) bond motifs is 1. The number of ether oxygens (including phenoxy) is 1. The molecule has 5 nitrogen and oxygen atoms in total. The van der Waals surface area contributed by atoms with Crippen molar-refractivity contribution >= 4 is 11.0 Å². The average Bonchev–Trinajstić information content (AvgIpc) is 2.78. The molecule has 0 spiro atoms. The molecule has 0 saturated carbocycles. The van der Waals surface area contributed by atoms with E-state index in [9.17, 15) is 0 Å². The summed E-state index contributed by atoms with van der Waals surface area (Å²) in [6.07, 6.45) is 3.62. The first-order valence-electron chi connectivity index (χ1n) is 6.01. The van der Waals surface area contributed by atoms with Crippen molar-refractivity contribution < 1.29 is 4.74 Å². The molecule has 90 valence electrons. The van der Waals surface area contributed by atoms with Crippen LogP contribution in [-0.4, -0.2) is 34.3 Å². The lowest BCUT2D eigenvalue weighted by Gasteiger charge is -2.23. The van der Waals surface area contributed by atoms with E-state index >= 15 is 0 Å². The van der Waals surface area contributed by atoms with E-state index in [0.29, 0.717) is 6.61 Å². The smallest absolute Gasteiger partial charge is 0.129 e. The number of rotatable bonds is 2. The molecule has 17 heavy (non-hydrogen) atoms. The van der Waals surface area contributed by atoms with E-state index < -0.39 is 0 Å². The molecule has 0 aliphatic carbocycles. The number of imidazole rings is 1. The lowest BCUT2D eigenvalue weighted by Crippen LogP contribution is -2.36. The fraction of sp³-hybridized carbons (Fsp3) is 0.500. The van der Waals surface area contributed by atoms with Crippen LogP contribution in [0.5, 0.6) is 0 Å². The van der Waals surface area contributed by atoms with Crippen LogP contribution in [0.15, 0.2) is 18.5 Å². The molecule has 5 heteroatoms. The van der Waals surface area contributed by atoms with E-state index in [4.69, 9.17) is 4.74 Å². The largest absolute Gasteiger partial charge is 0.378 e. The zero-order valence-electron chi connectivity index (χ0n) is 9.89. The minimum Gasteiger partial charge on any atom is -0.378 e. The summed E-state index contributed by atoms with van der Waals surface area (Å²) in [5.74, 6) is 1.05. The van der Waals surface area contributed by atoms with Gasteiger partial charge in [0.1, 0.15) is 11.3 Å². The number of pyridine rings is 1. The van der Waals surface area contributed by atoms with Crippen LogP contribution in [0.3, 0.4) is 0 Å². The SMILES string of the molecule is CCn1c(C2COCCN2)nc2cnccc21. The predicted octanol–water partition coefficient (Wildman–Crippen LogP) is 1.11. The molecule has 1 saturated heterocycles. The molecule has 3 heterocycles. The summed E-state index contributed by atoms with van der Waals surface area (Å²) >= 11 is 0. The summed E-state index contributed by atoms with van der Waals surface area (Å²) in [5.41, 5.74) is 2.10. The molecule has 0 aromatic carbocycles. The minimum absolute atomic E-state index is 0.191. The fourth-order valence-corrected chi connectivity index (χ4v) is 2.33. The van der Waals surface area contributed by atoms with E-state index in [-0.39, 0.29) is 6.04 Å². The van der Waals surface area contributed by atoms with Crippen molar-refractivity contribution in [2.45, 2.75) is 19.5 Å². The topological polar surface area (TPSA) is 52.0 Å². The quantitative estimate of drug-likeness (QED) is 0.842. The highest BCUT2D eigenvalue weighted by Crippen LogP contribution is 2.21. The molecular weight excluding hydrogens is 216 g/mol. The first kappa shape index (κ1) is 10.7. The molecule has 1 aliphatic rings. The van der Waals surface area contributed by atoms with Gasteiger partial charge in [-0.3, -0.25) is 4.98 Å². The summed E-state index contributed by atoms with van der Waals surface area (Å²) in [7, 11) is 0. The molecule has 3 rings (SSSR count). The number of hydrogen-bond acceptors (Lipinski definition) is 4. The van der Waals surface area contributed by atoms with Crippen molar-refractivity contribution in [3.05, 3.63) is 24.3 Å². The van der Waals surface area contributed by atoms with Gasteiger partial charge in [0.05, 0.1) is 31.0 Å². The second-order valence-corrected chi connectivity index (χ2v) is 4.16. The molecule has 1 aliphatic heterocycles. The summed E-state index contributed by atoms with van der Waals surface area (Å²) < 4.78 is 7.73. The Morgan fingerprint density at radius 2 is 2.53 bits per heavy atom. The molecule has 1 unspecified atom stereocenters. The van der Waals surface area contributed by atoms with Gasteiger partial charge in [-0.15, -0.1) is 0 Å². The van der Waals surface area contributed by atoms with Gasteiger partial charge in [-0.05, 0) is 13.0 Å². The van der Waals surface area contributed by atoms with Gasteiger partial charge < -0.3 is 14.6 Å². The van der Waals surface area contributed by atoms with Crippen LogP contribution in [0.25, 0.3) is 11.0 Å². The first-order chi connectivity index (χ1) is 8.40. The number of nitrogens with zero attached hydrogens (tertiary/aromatic N) is 3. The summed E-state index contributed by atoms with van der Waals surface area (Å²) in [6.45, 7) is 5.40. The molecular formula is C12H16N4O. The molecule has 0 amide bonds. The van der Waals surface area contributed by atoms with E-state index in [1.165, 1.54) is 0 Å². The van der Waals surface area contributed by atoms with Crippen LogP contribution in [0.4, 0.5) is 0 Å². The standard InChI is InChI=1S/C12H16N4O/c1-2-16-11-3-4-13-7-9(11)15-12(16)10-8-17-6-5-14-10/h3-4,7,10,14H,2,5-6,8H2,1H3. The van der Waals surface area contributed by atoms with Crippen molar-refractivity contribution in [2.24, 2.45) is 0 Å². The van der Waals surface area contributed by atoms with Crippen LogP contribution in [-0.2, 0) is 11.3 Å². The van der Waals surface area contributed by atoms with Gasteiger partial charge in [-0.1, -0.05) is 0 Å². The molecule has 2 aromatic heterocycles. The maximum atomic E-state index is 5.50. The third-order valence-electron chi connectivity index (χ3n) is 3.13. The normalized spacial score (nSPS) is 20.9. The van der Waals surface area contributed by atoms with E-state index in [0.717, 1.165) is 36.6 Å². The average molecular weight is 232 g/mol. The lowest BCUT2D eigenvalue weighted by molar-refractivity contribution is 0.0733. The Hall–Kier alpha value is -1.46. The van der Waals surface area contributed by atoms with Crippen LogP contribution in [0, 0.1) is 0 Å². The van der Waals surface area contributed by atoms with Crippen molar-refractivity contribution in [2.75, 3.05) is 19.8 Å². The van der Waals surface area contributed by atoms with Gasteiger partial charge in [0.15, 0.2) is 0 Å². The van der Waals surface area contributed by atoms with E-state index in [1.54, 1.807) is 0 Å². The number of morpholine rings is 1. The molecule has 0 bridgehead atoms. The van der Waals surface area contributed by atoms with Gasteiger partial charge >= 0.3 is 0 Å². The summed E-state index contributed by atoms with van der Waals surface area (Å²) in [6, 6.07) is 2.20. The monoisotopic (exact) mass is 232 g/mol. The maximum Gasteiger partial charge on any atom is 0.129 e. The van der Waals surface area contributed by atoms with Gasteiger partial charge in [0.2, 0.25) is 0 Å². The molecule has 1 N–H and O–H groups in total. The zero-order chi connectivity index (χ0) is 11.7. The van der Waals surface area contributed by atoms with Gasteiger partial charge in [0, 0.05) is 19.3 Å². The Kier molecular flexibility index (Phi) is 2.78. The van der Waals surface area contributed by atoms with Crippen LogP contribution >= 0.6 is 0 Å². The number of hydrogen-bond donors (Lipinski definition) is 1. The Morgan fingerprint density at radius 3 is 3.29 bits per heavy atom. The second kappa shape index (κ2) is 4.43. The van der Waals surface area contributed by atoms with Crippen molar-refractivity contribution in [1.82, 2.24) is 19.9 Å². The number of nitrogens with one attached hydrogen (secondary N) is 1. The summed E-state index contributed by atoms with van der Waals surface area (Å²) in [5, 5.41) is 3.44. The predicted molar refractivity (Wildman–Crippen MR) is 64.8 cm³/mol. The molecule has 2 aromatic rings. The van der Waals surface area contributed by atoms with E-state index in [2.05, 4.69) is 26.8 Å². The molecule has 1 fully saturated rings. The Bertz CT molecular complexity index is 516. The zero-order valence-corrected chi connectivity index (χ0v) is 9.89. The maximum absolute atomic E-state index is 5.50. The van der Waals surface area contributed by atoms with Gasteiger partial charge in [-0.25, -0.2) is 4.98 Å². The minimum atomic E-state index is 0.191. The number of aryl methyl sites for hydroxylation is 1. The van der Waals surface area contributed by atoms with Gasteiger partial charge in [-0.2, -0.15) is 0 Å². The first-order valence-corrected chi connectivity index (χ1v) is 6.01. The number of aromatic nitrogens is 3. The Balaban J connectivity index is 2.08. The highest BCUT2D eigenvalue weighted by atomic mass is 16.5. The second-order valence-electron chi connectivity index (χ2n) is 4.16. The Labute approximate surface area is 99.8 Å². The highest BCUT2D eigenvalue weighted by Gasteiger charge is 2.21. The van der Waals surface area contributed by atoms with Crippen molar-refractivity contribution in [3.63, 3.8) is 0 Å². The molecule has 0 radical (unpaired) electrons. The van der Waals surface area contributed by atoms with Crippen LogP contribution < -0.4 is 5.32 Å². The van der Waals surface area contributed by atoms with Crippen LogP contribution in [0.2, 0.25) is 0 Å². The van der Waals surface area contributed by atoms with Crippen molar-refractivity contribution in [1.29, 1.82) is 0 Å². The Morgan fingerprint density at radius 1 is 1.59 bits per heavy atom. The van der Waals surface area contributed by atoms with Gasteiger partial charge in [0.25, 0.3) is 0 Å². The fourth-order valence-electron chi connectivity index (χ4n) is 2.33. The van der Waals surface area contributed by atoms with Crippen LogP contribution in [0.1, 0.15) is 18.8 Å². The van der Waals surface area contributed by atoms with E-state index in [1.807, 2.05) is 18.5 Å². The van der Waals surface area contributed by atoms with Crippen molar-refractivity contribution in [3.8, 4) is 0 Å². The third kappa shape index (κ3) is 1.81. The third-order valence-corrected chi connectivity index (χ3v) is 3.13. The lowest BCUT2D eigenvalue weighted by atomic mass is 10.2. The molecule has 1 atom stereocenters.